The Morgan fingerprint density at radius 2 is 1.48 bits per heavy atom. The van der Waals surface area contributed by atoms with Crippen molar-refractivity contribution in [1.29, 1.82) is 0 Å². The van der Waals surface area contributed by atoms with E-state index in [1.165, 1.54) is 63.4 Å². The minimum absolute atomic E-state index is 0.106. The Labute approximate surface area is 179 Å². The second-order valence-electron chi connectivity index (χ2n) is 8.18. The molecule has 0 heterocycles. The van der Waals surface area contributed by atoms with Crippen molar-refractivity contribution in [2.45, 2.75) is 90.2 Å². The minimum atomic E-state index is -0.419. The predicted molar refractivity (Wildman–Crippen MR) is 122 cm³/mol. The number of hydrogen-bond donors (Lipinski definition) is 2. The van der Waals surface area contributed by atoms with Crippen molar-refractivity contribution in [3.63, 3.8) is 0 Å². The molecule has 1 unspecified atom stereocenters. The fourth-order valence-electron chi connectivity index (χ4n) is 3.62. The smallest absolute Gasteiger partial charge is 0.0689 e. The lowest BCUT2D eigenvalue weighted by atomic mass is 10.1. The molecule has 29 heavy (non-hydrogen) atoms. The van der Waals surface area contributed by atoms with Crippen LogP contribution in [0.25, 0.3) is 0 Å². The lowest BCUT2D eigenvalue weighted by Gasteiger charge is -2.24. The molecule has 0 spiro atoms. The first-order valence-electron chi connectivity index (χ1n) is 11.9. The van der Waals surface area contributed by atoms with Gasteiger partial charge in [-0.15, -0.1) is 0 Å². The summed E-state index contributed by atoms with van der Waals surface area (Å²) < 4.78 is 5.71. The molecule has 0 amide bonds. The van der Waals surface area contributed by atoms with Crippen LogP contribution in [-0.4, -0.2) is 54.1 Å². The molecule has 0 aliphatic heterocycles. The highest BCUT2D eigenvalue weighted by Gasteiger charge is 2.12. The Morgan fingerprint density at radius 3 is 2.10 bits per heavy atom. The minimum Gasteiger partial charge on any atom is -0.395 e. The molecule has 1 aromatic rings. The topological polar surface area (TPSA) is 52.9 Å². The highest BCUT2D eigenvalue weighted by atomic mass is 16.5. The number of nitrogens with zero attached hydrogens (tertiary/aromatic N) is 1. The van der Waals surface area contributed by atoms with Crippen molar-refractivity contribution in [3.05, 3.63) is 35.9 Å². The summed E-state index contributed by atoms with van der Waals surface area (Å²) in [5.41, 5.74) is 1.20. The van der Waals surface area contributed by atoms with E-state index in [1.807, 2.05) is 18.2 Å². The van der Waals surface area contributed by atoms with E-state index in [9.17, 15) is 10.2 Å². The second-order valence-corrected chi connectivity index (χ2v) is 8.18. The Balaban J connectivity index is 1.97. The van der Waals surface area contributed by atoms with E-state index in [-0.39, 0.29) is 6.61 Å². The van der Waals surface area contributed by atoms with Crippen LogP contribution in [0.15, 0.2) is 30.3 Å². The third-order valence-electron chi connectivity index (χ3n) is 5.37. The molecular weight excluding hydrogens is 362 g/mol. The Kier molecular flexibility index (Phi) is 17.1. The number of hydrogen-bond acceptors (Lipinski definition) is 4. The molecule has 4 nitrogen and oxygen atoms in total. The normalized spacial score (nSPS) is 12.6. The first-order valence-corrected chi connectivity index (χ1v) is 11.9. The summed E-state index contributed by atoms with van der Waals surface area (Å²) in [6.07, 6.45) is 13.6. The van der Waals surface area contributed by atoms with E-state index in [4.69, 9.17) is 4.74 Å². The molecule has 0 saturated carbocycles. The molecule has 168 valence electrons. The van der Waals surface area contributed by atoms with Gasteiger partial charge in [-0.25, -0.2) is 0 Å². The fraction of sp³-hybridized carbons (Fsp3) is 0.760. The molecule has 2 N–H and O–H groups in total. The van der Waals surface area contributed by atoms with Crippen LogP contribution in [0.2, 0.25) is 0 Å². The van der Waals surface area contributed by atoms with Gasteiger partial charge < -0.3 is 14.9 Å². The molecule has 0 fully saturated rings. The Hall–Kier alpha value is -0.940. The van der Waals surface area contributed by atoms with Gasteiger partial charge in [0.2, 0.25) is 0 Å². The van der Waals surface area contributed by atoms with Gasteiger partial charge in [0.05, 0.1) is 12.7 Å². The summed E-state index contributed by atoms with van der Waals surface area (Å²) in [6, 6.07) is 10.2. The van der Waals surface area contributed by atoms with Crippen LogP contribution in [0.3, 0.4) is 0 Å². The molecule has 1 rings (SSSR count). The summed E-state index contributed by atoms with van der Waals surface area (Å²) in [4.78, 5) is 2.10. The van der Waals surface area contributed by atoms with Gasteiger partial charge in [0.25, 0.3) is 0 Å². The zero-order valence-corrected chi connectivity index (χ0v) is 18.7. The molecule has 1 atom stereocenters. The number of aliphatic hydroxyl groups excluding tert-OH is 2. The zero-order valence-electron chi connectivity index (χ0n) is 18.7. The summed E-state index contributed by atoms with van der Waals surface area (Å²) >= 11 is 0. The first-order chi connectivity index (χ1) is 14.3. The van der Waals surface area contributed by atoms with Gasteiger partial charge in [-0.05, 0) is 18.4 Å². The molecule has 0 aliphatic rings. The standard InChI is InChI=1S/C25H45NO3/c1-2-3-4-5-6-7-8-9-10-14-20-29-21-17-25(28)23-26(18-19-27)22-24-15-12-11-13-16-24/h11-13,15-16,25,27-28H,2-10,14,17-23H2,1H3. The average Bonchev–Trinajstić information content (AvgIpc) is 2.72. The number of rotatable bonds is 20. The first kappa shape index (κ1) is 26.1. The van der Waals surface area contributed by atoms with Crippen molar-refractivity contribution in [1.82, 2.24) is 4.90 Å². The molecule has 0 saturated heterocycles. The van der Waals surface area contributed by atoms with Crippen molar-refractivity contribution in [2.75, 3.05) is 32.9 Å². The van der Waals surface area contributed by atoms with Crippen LogP contribution >= 0.6 is 0 Å². The number of aliphatic hydroxyl groups is 2. The van der Waals surface area contributed by atoms with Crippen LogP contribution in [0.4, 0.5) is 0 Å². The average molecular weight is 408 g/mol. The highest BCUT2D eigenvalue weighted by Crippen LogP contribution is 2.11. The summed E-state index contributed by atoms with van der Waals surface area (Å²) in [5, 5.41) is 19.6. The summed E-state index contributed by atoms with van der Waals surface area (Å²) in [6.45, 7) is 5.67. The van der Waals surface area contributed by atoms with Gasteiger partial charge in [0.15, 0.2) is 0 Å². The van der Waals surface area contributed by atoms with Gasteiger partial charge in [-0.1, -0.05) is 95.0 Å². The molecule has 4 heteroatoms. The van der Waals surface area contributed by atoms with Crippen molar-refractivity contribution in [2.24, 2.45) is 0 Å². The maximum Gasteiger partial charge on any atom is 0.0689 e. The Bertz CT molecular complexity index is 455. The van der Waals surface area contributed by atoms with Crippen molar-refractivity contribution < 1.29 is 14.9 Å². The lowest BCUT2D eigenvalue weighted by molar-refractivity contribution is 0.0522. The quantitative estimate of drug-likeness (QED) is 0.293. The largest absolute Gasteiger partial charge is 0.395 e. The predicted octanol–water partition coefficient (Wildman–Crippen LogP) is 5.17. The van der Waals surface area contributed by atoms with E-state index in [0.717, 1.165) is 19.6 Å². The van der Waals surface area contributed by atoms with Gasteiger partial charge in [0, 0.05) is 32.8 Å². The SMILES string of the molecule is CCCCCCCCCCCCOCCC(O)CN(CCO)Cc1ccccc1. The zero-order chi connectivity index (χ0) is 21.0. The highest BCUT2D eigenvalue weighted by molar-refractivity contribution is 5.14. The maximum atomic E-state index is 10.3. The van der Waals surface area contributed by atoms with Crippen molar-refractivity contribution >= 4 is 0 Å². The molecule has 0 radical (unpaired) electrons. The van der Waals surface area contributed by atoms with Gasteiger partial charge in [0.1, 0.15) is 0 Å². The fourth-order valence-corrected chi connectivity index (χ4v) is 3.62. The molecule has 0 aromatic heterocycles. The van der Waals surface area contributed by atoms with Crippen LogP contribution in [-0.2, 0) is 11.3 Å². The number of unbranched alkanes of at least 4 members (excludes halogenated alkanes) is 9. The molecule has 1 aromatic carbocycles. The van der Waals surface area contributed by atoms with Crippen LogP contribution in [0.1, 0.15) is 83.1 Å². The molecule has 0 bridgehead atoms. The van der Waals surface area contributed by atoms with Crippen LogP contribution in [0, 0.1) is 0 Å². The van der Waals surface area contributed by atoms with Gasteiger partial charge in [-0.2, -0.15) is 0 Å². The number of benzene rings is 1. The maximum absolute atomic E-state index is 10.3. The Morgan fingerprint density at radius 1 is 0.862 bits per heavy atom. The third-order valence-corrected chi connectivity index (χ3v) is 5.37. The van der Waals surface area contributed by atoms with Gasteiger partial charge in [-0.3, -0.25) is 4.90 Å². The summed E-state index contributed by atoms with van der Waals surface area (Å²) in [7, 11) is 0. The van der Waals surface area contributed by atoms with E-state index in [1.54, 1.807) is 0 Å². The second kappa shape index (κ2) is 19.0. The van der Waals surface area contributed by atoms with E-state index in [0.29, 0.717) is 26.1 Å². The van der Waals surface area contributed by atoms with Gasteiger partial charge >= 0.3 is 0 Å². The number of ether oxygens (including phenoxy) is 1. The van der Waals surface area contributed by atoms with Crippen molar-refractivity contribution in [3.8, 4) is 0 Å². The monoisotopic (exact) mass is 407 g/mol. The molecule has 0 aliphatic carbocycles. The summed E-state index contributed by atoms with van der Waals surface area (Å²) in [5.74, 6) is 0. The van der Waals surface area contributed by atoms with E-state index >= 15 is 0 Å². The van der Waals surface area contributed by atoms with E-state index < -0.39 is 6.10 Å². The third kappa shape index (κ3) is 15.5. The van der Waals surface area contributed by atoms with E-state index in [2.05, 4.69) is 24.0 Å². The lowest BCUT2D eigenvalue weighted by Crippen LogP contribution is -2.34. The van der Waals surface area contributed by atoms with Crippen LogP contribution in [0.5, 0.6) is 0 Å². The van der Waals surface area contributed by atoms with Crippen LogP contribution < -0.4 is 0 Å². The molecular formula is C25H45NO3.